The van der Waals surface area contributed by atoms with E-state index in [4.69, 9.17) is 23.2 Å². The van der Waals surface area contributed by atoms with Crippen LogP contribution in [-0.4, -0.2) is 99.5 Å². The van der Waals surface area contributed by atoms with Crippen LogP contribution in [0.4, 0.5) is 0 Å². The molecule has 3 heterocycles. The Morgan fingerprint density at radius 1 is 1.02 bits per heavy atom. The molecule has 0 radical (unpaired) electrons. The van der Waals surface area contributed by atoms with Crippen molar-refractivity contribution in [2.45, 2.75) is 45.4 Å². The van der Waals surface area contributed by atoms with Crippen molar-refractivity contribution in [3.8, 4) is 0 Å². The number of piperazine rings is 1. The van der Waals surface area contributed by atoms with Gasteiger partial charge in [0, 0.05) is 91.2 Å². The summed E-state index contributed by atoms with van der Waals surface area (Å²) >= 11 is 14.5. The summed E-state index contributed by atoms with van der Waals surface area (Å²) in [5, 5.41) is 26.8. The number of aromatic nitrogens is 1. The van der Waals surface area contributed by atoms with Crippen LogP contribution in [0.3, 0.4) is 0 Å². The fourth-order valence-electron chi connectivity index (χ4n) is 5.84. The normalized spacial score (nSPS) is 17.3. The first-order valence-corrected chi connectivity index (χ1v) is 16.4. The summed E-state index contributed by atoms with van der Waals surface area (Å²) in [5.74, 6) is -4.23. The van der Waals surface area contributed by atoms with Gasteiger partial charge in [0.05, 0.1) is 28.5 Å². The van der Waals surface area contributed by atoms with Crippen LogP contribution in [0.5, 0.6) is 0 Å². The van der Waals surface area contributed by atoms with Gasteiger partial charge in [0.15, 0.2) is 0 Å². The maximum absolute atomic E-state index is 13.6. The van der Waals surface area contributed by atoms with E-state index in [1.165, 1.54) is 23.5 Å². The third kappa shape index (κ3) is 8.43. The molecule has 2 amide bonds. The first kappa shape index (κ1) is 34.4. The van der Waals surface area contributed by atoms with E-state index in [0.717, 1.165) is 18.0 Å². The highest BCUT2D eigenvalue weighted by Gasteiger charge is 2.41. The number of nitrogens with one attached hydrogen (secondary N) is 1. The van der Waals surface area contributed by atoms with Gasteiger partial charge >= 0.3 is 11.9 Å². The van der Waals surface area contributed by atoms with E-state index in [-0.39, 0.29) is 62.8 Å². The summed E-state index contributed by atoms with van der Waals surface area (Å²) in [5.41, 5.74) is 0.0873. The number of thiazole rings is 1. The molecular weight excluding hydrogens is 641 g/mol. The largest absolute Gasteiger partial charge is 0.478 e. The average molecular weight is 679 g/mol. The Labute approximate surface area is 276 Å². The number of allylic oxidation sites excluding steroid dienone is 1. The summed E-state index contributed by atoms with van der Waals surface area (Å²) < 4.78 is 0. The van der Waals surface area contributed by atoms with Crippen LogP contribution in [0.2, 0.25) is 10.0 Å². The molecule has 0 saturated carbocycles. The van der Waals surface area contributed by atoms with Crippen LogP contribution in [0.15, 0.2) is 52.3 Å². The number of hydrogen-bond acceptors (Lipinski definition) is 8. The average Bonchev–Trinajstić information content (AvgIpc) is 3.51. The number of benzene rings is 1. The molecule has 0 spiro atoms. The Hall–Kier alpha value is -3.45. The van der Waals surface area contributed by atoms with E-state index in [9.17, 15) is 29.4 Å². The molecule has 3 N–H and O–H groups in total. The van der Waals surface area contributed by atoms with Crippen molar-refractivity contribution < 1.29 is 29.4 Å². The van der Waals surface area contributed by atoms with Crippen LogP contribution in [0.25, 0.3) is 0 Å². The Balaban J connectivity index is 1.58. The van der Waals surface area contributed by atoms with Gasteiger partial charge < -0.3 is 25.3 Å². The molecule has 4 rings (SSSR count). The number of carboxylic acid groups (broad SMARTS) is 2. The standard InChI is InChI=1S/C31H37Cl2N5O6S/c1-3-37(19(2)39)12-5-11-36-13-15-38(16-14-36)25(40)18-23-28(31(43)44)29(26-20(32)6-4-7-21(26)33)27(30(41)42)22(35-23)8-9-24-34-10-17-45-24/h4,6-7,10,17,29,35H,3,5,8-9,11-16,18H2,1-2H3,(H,41,42)(H,43,44). The highest BCUT2D eigenvalue weighted by molar-refractivity contribution is 7.09. The van der Waals surface area contributed by atoms with E-state index in [1.807, 2.05) is 12.3 Å². The lowest BCUT2D eigenvalue weighted by Crippen LogP contribution is -2.49. The molecular formula is C31H37Cl2N5O6S. The number of rotatable bonds is 13. The molecule has 14 heteroatoms. The van der Waals surface area contributed by atoms with Crippen molar-refractivity contribution in [3.05, 3.63) is 72.9 Å². The molecule has 1 aromatic carbocycles. The first-order chi connectivity index (χ1) is 21.5. The van der Waals surface area contributed by atoms with Crippen molar-refractivity contribution >= 4 is 58.3 Å². The van der Waals surface area contributed by atoms with Crippen LogP contribution in [0.1, 0.15) is 49.6 Å². The second kappa shape index (κ2) is 15.7. The van der Waals surface area contributed by atoms with Gasteiger partial charge in [-0.15, -0.1) is 11.3 Å². The second-order valence-corrected chi connectivity index (χ2v) is 12.7. The number of carbonyl (C=O) groups is 4. The quantitative estimate of drug-likeness (QED) is 0.284. The molecule has 2 aliphatic heterocycles. The van der Waals surface area contributed by atoms with Gasteiger partial charge in [-0.05, 0) is 38.4 Å². The zero-order valence-corrected chi connectivity index (χ0v) is 27.6. The van der Waals surface area contributed by atoms with E-state index >= 15 is 0 Å². The molecule has 1 aromatic heterocycles. The third-order valence-corrected chi connectivity index (χ3v) is 9.63. The summed E-state index contributed by atoms with van der Waals surface area (Å²) in [6.07, 6.45) is 2.85. The Bertz CT molecular complexity index is 1470. The number of amides is 2. The summed E-state index contributed by atoms with van der Waals surface area (Å²) in [4.78, 5) is 60.9. The van der Waals surface area contributed by atoms with Gasteiger partial charge in [0.1, 0.15) is 0 Å². The van der Waals surface area contributed by atoms with Gasteiger partial charge in [0.2, 0.25) is 11.8 Å². The number of aliphatic carboxylic acids is 2. The smallest absolute Gasteiger partial charge is 0.334 e. The van der Waals surface area contributed by atoms with Gasteiger partial charge in [-0.25, -0.2) is 14.6 Å². The summed E-state index contributed by atoms with van der Waals surface area (Å²) in [6, 6.07) is 4.66. The lowest BCUT2D eigenvalue weighted by atomic mass is 9.79. The van der Waals surface area contributed by atoms with Crippen LogP contribution >= 0.6 is 34.5 Å². The van der Waals surface area contributed by atoms with Crippen LogP contribution in [-0.2, 0) is 25.6 Å². The lowest BCUT2D eigenvalue weighted by molar-refractivity contribution is -0.133. The Morgan fingerprint density at radius 3 is 2.22 bits per heavy atom. The number of halogens is 2. The van der Waals surface area contributed by atoms with Crippen molar-refractivity contribution in [1.82, 2.24) is 25.0 Å². The van der Waals surface area contributed by atoms with E-state index in [2.05, 4.69) is 15.2 Å². The number of hydrogen-bond donors (Lipinski definition) is 3. The molecule has 0 bridgehead atoms. The fourth-order valence-corrected chi connectivity index (χ4v) is 7.08. The Morgan fingerprint density at radius 2 is 1.67 bits per heavy atom. The summed E-state index contributed by atoms with van der Waals surface area (Å²) in [6.45, 7) is 7.88. The molecule has 45 heavy (non-hydrogen) atoms. The van der Waals surface area contributed by atoms with E-state index in [0.29, 0.717) is 45.7 Å². The van der Waals surface area contributed by atoms with Gasteiger partial charge in [-0.2, -0.15) is 0 Å². The predicted octanol–water partition coefficient (Wildman–Crippen LogP) is 4.24. The van der Waals surface area contributed by atoms with E-state index in [1.54, 1.807) is 29.0 Å². The third-order valence-electron chi connectivity index (χ3n) is 8.13. The highest BCUT2D eigenvalue weighted by Crippen LogP contribution is 2.45. The summed E-state index contributed by atoms with van der Waals surface area (Å²) in [7, 11) is 0. The number of aryl methyl sites for hydroxylation is 1. The highest BCUT2D eigenvalue weighted by atomic mass is 35.5. The number of dihydropyridines is 1. The zero-order chi connectivity index (χ0) is 32.7. The zero-order valence-electron chi connectivity index (χ0n) is 25.2. The molecule has 1 unspecified atom stereocenters. The van der Waals surface area contributed by atoms with E-state index < -0.39 is 17.9 Å². The van der Waals surface area contributed by atoms with Gasteiger partial charge in [0.25, 0.3) is 0 Å². The molecule has 2 aromatic rings. The maximum Gasteiger partial charge on any atom is 0.334 e. The van der Waals surface area contributed by atoms with Crippen molar-refractivity contribution in [3.63, 3.8) is 0 Å². The topological polar surface area (TPSA) is 143 Å². The molecule has 0 aliphatic carbocycles. The van der Waals surface area contributed by atoms with Crippen LogP contribution in [0, 0.1) is 0 Å². The number of carboxylic acids is 2. The Kier molecular flexibility index (Phi) is 12.0. The maximum atomic E-state index is 13.6. The minimum Gasteiger partial charge on any atom is -0.478 e. The van der Waals surface area contributed by atoms with Gasteiger partial charge in [-0.3, -0.25) is 14.5 Å². The lowest BCUT2D eigenvalue weighted by Gasteiger charge is -2.36. The molecule has 1 atom stereocenters. The molecule has 11 nitrogen and oxygen atoms in total. The van der Waals surface area contributed by atoms with Crippen molar-refractivity contribution in [2.24, 2.45) is 0 Å². The predicted molar refractivity (Wildman–Crippen MR) is 172 cm³/mol. The minimum absolute atomic E-state index is 0.0509. The molecule has 2 aliphatic rings. The SMILES string of the molecule is CCN(CCCN1CCN(C(=O)CC2=C(C(=O)O)C(c3c(Cl)cccc3Cl)C(C(=O)O)=C(CCc3nccs3)N2)CC1)C(C)=O. The molecule has 242 valence electrons. The van der Waals surface area contributed by atoms with Crippen molar-refractivity contribution in [1.29, 1.82) is 0 Å². The fraction of sp³-hybridized carbons (Fsp3) is 0.452. The monoisotopic (exact) mass is 677 g/mol. The van der Waals surface area contributed by atoms with Gasteiger partial charge in [-0.1, -0.05) is 29.3 Å². The molecule has 1 fully saturated rings. The number of nitrogens with zero attached hydrogens (tertiary/aromatic N) is 4. The minimum atomic E-state index is -1.37. The second-order valence-electron chi connectivity index (χ2n) is 10.9. The van der Waals surface area contributed by atoms with Crippen molar-refractivity contribution in [2.75, 3.05) is 45.8 Å². The first-order valence-electron chi connectivity index (χ1n) is 14.8. The number of carbonyl (C=O) groups excluding carboxylic acids is 2. The molecule has 1 saturated heterocycles. The van der Waals surface area contributed by atoms with Crippen LogP contribution < -0.4 is 5.32 Å².